The molecule has 1 N–H and O–H groups in total. The summed E-state index contributed by atoms with van der Waals surface area (Å²) < 4.78 is 0. The van der Waals surface area contributed by atoms with Crippen LogP contribution in [0.3, 0.4) is 0 Å². The molecule has 0 aromatic heterocycles. The summed E-state index contributed by atoms with van der Waals surface area (Å²) in [6.07, 6.45) is 4.66. The van der Waals surface area contributed by atoms with Crippen molar-refractivity contribution in [2.24, 2.45) is 0 Å². The number of anilines is 2. The average molecular weight is 435 g/mol. The smallest absolute Gasteiger partial charge is 0.326 e. The Labute approximate surface area is 191 Å². The zero-order chi connectivity index (χ0) is 22.3. The molecule has 3 amide bonds. The molecule has 2 aromatic rings. The van der Waals surface area contributed by atoms with Crippen LogP contribution >= 0.6 is 0 Å². The van der Waals surface area contributed by atoms with Gasteiger partial charge >= 0.3 is 6.03 Å². The Balaban J connectivity index is 1.32. The molecule has 0 bridgehead atoms. The van der Waals surface area contributed by atoms with Crippen LogP contribution in [0.1, 0.15) is 37.3 Å². The largest absolute Gasteiger partial charge is 0.340 e. The lowest BCUT2D eigenvalue weighted by atomic mass is 10.1. The van der Waals surface area contributed by atoms with E-state index in [2.05, 4.69) is 23.2 Å². The fourth-order valence-corrected chi connectivity index (χ4v) is 4.62. The van der Waals surface area contributed by atoms with E-state index in [1.807, 2.05) is 52.3 Å². The number of urea groups is 1. The first kappa shape index (κ1) is 22.3. The van der Waals surface area contributed by atoms with Crippen LogP contribution in [0.25, 0.3) is 0 Å². The first-order valence-corrected chi connectivity index (χ1v) is 11.9. The van der Waals surface area contributed by atoms with Gasteiger partial charge < -0.3 is 10.2 Å². The van der Waals surface area contributed by atoms with Crippen molar-refractivity contribution in [2.75, 3.05) is 49.5 Å². The number of carbonyl (C=O) groups is 2. The Hall–Kier alpha value is -2.86. The van der Waals surface area contributed by atoms with E-state index in [-0.39, 0.29) is 11.9 Å². The molecular formula is C26H34N4O2. The van der Waals surface area contributed by atoms with Crippen molar-refractivity contribution >= 4 is 23.3 Å². The lowest BCUT2D eigenvalue weighted by Gasteiger charge is -2.34. The minimum atomic E-state index is -0.104. The van der Waals surface area contributed by atoms with E-state index in [0.717, 1.165) is 81.9 Å². The van der Waals surface area contributed by atoms with Gasteiger partial charge in [-0.3, -0.25) is 14.6 Å². The molecule has 32 heavy (non-hydrogen) atoms. The van der Waals surface area contributed by atoms with Gasteiger partial charge in [-0.2, -0.15) is 0 Å². The molecule has 4 rings (SSSR count). The van der Waals surface area contributed by atoms with Crippen LogP contribution in [0.15, 0.2) is 48.5 Å². The predicted molar refractivity (Wildman–Crippen MR) is 129 cm³/mol. The highest BCUT2D eigenvalue weighted by Crippen LogP contribution is 2.26. The third kappa shape index (κ3) is 5.49. The first-order chi connectivity index (χ1) is 15.6. The van der Waals surface area contributed by atoms with Crippen LogP contribution in [-0.2, 0) is 17.6 Å². The molecule has 2 aromatic carbocycles. The number of nitrogens with zero attached hydrogens (tertiary/aromatic N) is 3. The van der Waals surface area contributed by atoms with Crippen LogP contribution < -0.4 is 10.2 Å². The van der Waals surface area contributed by atoms with Crippen LogP contribution in [0.5, 0.6) is 0 Å². The summed E-state index contributed by atoms with van der Waals surface area (Å²) in [7, 11) is 0. The highest BCUT2D eigenvalue weighted by Gasteiger charge is 2.22. The molecule has 0 saturated carbocycles. The predicted octanol–water partition coefficient (Wildman–Crippen LogP) is 4.16. The number of nitrogens with one attached hydrogen (secondary N) is 1. The number of amides is 3. The Bertz CT molecular complexity index is 920. The van der Waals surface area contributed by atoms with Gasteiger partial charge in [0.2, 0.25) is 5.91 Å². The minimum Gasteiger partial charge on any atom is -0.340 e. The number of carbonyl (C=O) groups excluding carboxylic acids is 2. The van der Waals surface area contributed by atoms with E-state index in [9.17, 15) is 9.59 Å². The maximum Gasteiger partial charge on any atom is 0.326 e. The summed E-state index contributed by atoms with van der Waals surface area (Å²) in [4.78, 5) is 31.9. The van der Waals surface area contributed by atoms with Crippen molar-refractivity contribution in [2.45, 2.75) is 39.0 Å². The molecular weight excluding hydrogens is 400 g/mol. The Morgan fingerprint density at radius 2 is 1.66 bits per heavy atom. The van der Waals surface area contributed by atoms with Crippen molar-refractivity contribution in [3.63, 3.8) is 0 Å². The summed E-state index contributed by atoms with van der Waals surface area (Å²) in [6.45, 7) is 7.57. The molecule has 0 aliphatic carbocycles. The van der Waals surface area contributed by atoms with Gasteiger partial charge in [0.1, 0.15) is 0 Å². The van der Waals surface area contributed by atoms with E-state index in [4.69, 9.17) is 0 Å². The second-order valence-electron chi connectivity index (χ2n) is 8.76. The van der Waals surface area contributed by atoms with Crippen molar-refractivity contribution in [3.8, 4) is 0 Å². The molecule has 170 valence electrons. The number of benzene rings is 2. The van der Waals surface area contributed by atoms with Crippen molar-refractivity contribution in [1.82, 2.24) is 9.80 Å². The normalized spacial score (nSPS) is 16.9. The fourth-order valence-electron chi connectivity index (χ4n) is 4.62. The third-order valence-corrected chi connectivity index (χ3v) is 6.43. The van der Waals surface area contributed by atoms with Gasteiger partial charge in [-0.15, -0.1) is 0 Å². The van der Waals surface area contributed by atoms with Crippen molar-refractivity contribution < 1.29 is 9.59 Å². The van der Waals surface area contributed by atoms with E-state index in [1.54, 1.807) is 0 Å². The second kappa shape index (κ2) is 10.6. The van der Waals surface area contributed by atoms with Gasteiger partial charge in [0.15, 0.2) is 0 Å². The number of piperazine rings is 1. The highest BCUT2D eigenvalue weighted by molar-refractivity contribution is 6.02. The summed E-state index contributed by atoms with van der Waals surface area (Å²) in [5.41, 5.74) is 3.96. The van der Waals surface area contributed by atoms with Gasteiger partial charge in [0.25, 0.3) is 0 Å². The van der Waals surface area contributed by atoms with Crippen LogP contribution in [-0.4, -0.2) is 61.0 Å². The Morgan fingerprint density at radius 1 is 0.906 bits per heavy atom. The zero-order valence-electron chi connectivity index (χ0n) is 19.1. The molecule has 2 aliphatic rings. The quantitative estimate of drug-likeness (QED) is 0.769. The Morgan fingerprint density at radius 3 is 2.41 bits per heavy atom. The van der Waals surface area contributed by atoms with Crippen molar-refractivity contribution in [3.05, 3.63) is 59.7 Å². The maximum absolute atomic E-state index is 13.0. The van der Waals surface area contributed by atoms with E-state index >= 15 is 0 Å². The topological polar surface area (TPSA) is 55.9 Å². The summed E-state index contributed by atoms with van der Waals surface area (Å²) in [5.74, 6) is 0.180. The second-order valence-corrected chi connectivity index (χ2v) is 8.76. The summed E-state index contributed by atoms with van der Waals surface area (Å²) >= 11 is 0. The Kier molecular flexibility index (Phi) is 7.43. The van der Waals surface area contributed by atoms with Gasteiger partial charge in [0.05, 0.1) is 6.42 Å². The molecule has 0 atom stereocenters. The molecule has 0 unspecified atom stereocenters. The molecule has 0 radical (unpaired) electrons. The maximum atomic E-state index is 13.0. The summed E-state index contributed by atoms with van der Waals surface area (Å²) in [5, 5.41) is 3.03. The standard InChI is InChI=1S/C26H34N4O2/c1-2-14-28-16-18-29(19-17-28)25(31)20-21-10-12-23(13-11-21)27-26(32)30-15-6-5-8-22-7-3-4-9-24(22)30/h3-4,7,9-13H,2,5-6,8,14-20H2,1H3,(H,27,32). The molecule has 0 spiro atoms. The van der Waals surface area contributed by atoms with Crippen LogP contribution in [0.4, 0.5) is 16.2 Å². The zero-order valence-corrected chi connectivity index (χ0v) is 19.1. The van der Waals surface area contributed by atoms with Gasteiger partial charge in [0, 0.05) is 44.1 Å². The fraction of sp³-hybridized carbons (Fsp3) is 0.462. The monoisotopic (exact) mass is 434 g/mol. The molecule has 2 heterocycles. The van der Waals surface area contributed by atoms with Gasteiger partial charge in [-0.25, -0.2) is 4.79 Å². The van der Waals surface area contributed by atoms with E-state index in [0.29, 0.717) is 6.42 Å². The molecule has 1 saturated heterocycles. The highest BCUT2D eigenvalue weighted by atomic mass is 16.2. The molecule has 2 aliphatic heterocycles. The number of hydrogen-bond acceptors (Lipinski definition) is 3. The van der Waals surface area contributed by atoms with Crippen molar-refractivity contribution in [1.29, 1.82) is 0 Å². The number of hydrogen-bond donors (Lipinski definition) is 1. The molecule has 6 heteroatoms. The van der Waals surface area contributed by atoms with Crippen LogP contribution in [0.2, 0.25) is 0 Å². The average Bonchev–Trinajstić information content (AvgIpc) is 3.04. The van der Waals surface area contributed by atoms with Gasteiger partial charge in [-0.05, 0) is 61.6 Å². The van der Waals surface area contributed by atoms with E-state index in [1.165, 1.54) is 5.56 Å². The first-order valence-electron chi connectivity index (χ1n) is 11.9. The minimum absolute atomic E-state index is 0.104. The number of fused-ring (bicyclic) bond motifs is 1. The number of aryl methyl sites for hydroxylation is 1. The van der Waals surface area contributed by atoms with Gasteiger partial charge in [-0.1, -0.05) is 37.3 Å². The number of para-hydroxylation sites is 1. The summed E-state index contributed by atoms with van der Waals surface area (Å²) in [6, 6.07) is 15.7. The van der Waals surface area contributed by atoms with Crippen LogP contribution in [0, 0.1) is 0 Å². The molecule has 1 fully saturated rings. The number of rotatable bonds is 5. The molecule has 6 nitrogen and oxygen atoms in total. The van der Waals surface area contributed by atoms with E-state index < -0.39 is 0 Å². The third-order valence-electron chi connectivity index (χ3n) is 6.43. The SMILES string of the molecule is CCCN1CCN(C(=O)Cc2ccc(NC(=O)N3CCCCc4ccccc43)cc2)CC1. The lowest BCUT2D eigenvalue weighted by Crippen LogP contribution is -2.49. The lowest BCUT2D eigenvalue weighted by molar-refractivity contribution is -0.132.